The van der Waals surface area contributed by atoms with Crippen molar-refractivity contribution in [2.45, 2.75) is 60.8 Å². The average molecular weight is 402 g/mol. The number of rotatable bonds is 5. The van der Waals surface area contributed by atoms with Crippen LogP contribution in [0.3, 0.4) is 0 Å². The second-order valence-electron chi connectivity index (χ2n) is 7.32. The van der Waals surface area contributed by atoms with E-state index in [1.54, 1.807) is 6.08 Å². The van der Waals surface area contributed by atoms with Crippen LogP contribution < -0.4 is 0 Å². The fraction of sp³-hybridized carbons (Fsp3) is 0.345. The van der Waals surface area contributed by atoms with Crippen LogP contribution in [0.5, 0.6) is 0 Å². The van der Waals surface area contributed by atoms with E-state index >= 15 is 0 Å². The van der Waals surface area contributed by atoms with Crippen molar-refractivity contribution in [3.63, 3.8) is 0 Å². The predicted molar refractivity (Wildman–Crippen MR) is 137 cm³/mol. The number of aliphatic imine (C=N–C) groups is 1. The number of hydrogen-bond acceptors (Lipinski definition) is 1. The Morgan fingerprint density at radius 1 is 1.00 bits per heavy atom. The van der Waals surface area contributed by atoms with Crippen LogP contribution in [0.2, 0.25) is 0 Å². The third kappa shape index (κ3) is 13.3. The Labute approximate surface area is 185 Å². The molecule has 2 aromatic carbocycles. The summed E-state index contributed by atoms with van der Waals surface area (Å²) in [6.45, 7) is 20.4. The summed E-state index contributed by atoms with van der Waals surface area (Å²) in [5.74, 6) is 6.60. The quantitative estimate of drug-likeness (QED) is 0.353. The van der Waals surface area contributed by atoms with Gasteiger partial charge in [0.15, 0.2) is 0 Å². The number of aryl methyl sites for hydroxylation is 2. The minimum Gasteiger partial charge on any atom is -0.252 e. The first-order valence-corrected chi connectivity index (χ1v) is 10.9. The molecule has 0 aliphatic carbocycles. The molecule has 0 aliphatic heterocycles. The Morgan fingerprint density at radius 3 is 2.03 bits per heavy atom. The first-order chi connectivity index (χ1) is 14.4. The minimum absolute atomic E-state index is 0.383. The highest BCUT2D eigenvalue weighted by atomic mass is 14.7. The van der Waals surface area contributed by atoms with Gasteiger partial charge >= 0.3 is 0 Å². The zero-order valence-electron chi connectivity index (χ0n) is 19.8. The molecule has 0 amide bonds. The second kappa shape index (κ2) is 17.0. The summed E-state index contributed by atoms with van der Waals surface area (Å²) in [6.07, 6.45) is 4.75. The fourth-order valence-electron chi connectivity index (χ4n) is 2.20. The molecule has 1 nitrogen and oxygen atoms in total. The monoisotopic (exact) mass is 401 g/mol. The lowest BCUT2D eigenvalue weighted by molar-refractivity contribution is 0.866. The van der Waals surface area contributed by atoms with Gasteiger partial charge in [0.25, 0.3) is 0 Å². The zero-order chi connectivity index (χ0) is 22.8. The molecule has 0 fully saturated rings. The van der Waals surface area contributed by atoms with Crippen LogP contribution in [0.4, 0.5) is 0 Å². The Kier molecular flexibility index (Phi) is 15.4. The average Bonchev–Trinajstić information content (AvgIpc) is 2.75. The van der Waals surface area contributed by atoms with E-state index < -0.39 is 0 Å². The summed E-state index contributed by atoms with van der Waals surface area (Å²) in [7, 11) is 0. The summed E-state index contributed by atoms with van der Waals surface area (Å²) in [5.41, 5.74) is 5.38. The van der Waals surface area contributed by atoms with Crippen molar-refractivity contribution in [1.82, 2.24) is 0 Å². The smallest absolute Gasteiger partial charge is 0.0633 e. The van der Waals surface area contributed by atoms with Gasteiger partial charge in [-0.25, -0.2) is 0 Å². The molecule has 0 aromatic heterocycles. The van der Waals surface area contributed by atoms with E-state index in [2.05, 4.69) is 95.8 Å². The summed E-state index contributed by atoms with van der Waals surface area (Å²) in [5, 5.41) is 0. The number of hydrogen-bond donors (Lipinski definition) is 0. The fourth-order valence-corrected chi connectivity index (χ4v) is 2.20. The molecule has 2 rings (SSSR count). The minimum atomic E-state index is 0.383. The van der Waals surface area contributed by atoms with E-state index in [4.69, 9.17) is 0 Å². The van der Waals surface area contributed by atoms with E-state index in [1.807, 2.05) is 30.3 Å². The van der Waals surface area contributed by atoms with E-state index in [-0.39, 0.29) is 0 Å². The molecule has 0 bridgehead atoms. The van der Waals surface area contributed by atoms with Crippen LogP contribution in [0.15, 0.2) is 78.8 Å². The molecule has 0 unspecified atom stereocenters. The highest BCUT2D eigenvalue weighted by Gasteiger charge is 1.97. The Morgan fingerprint density at radius 2 is 1.57 bits per heavy atom. The van der Waals surface area contributed by atoms with E-state index in [9.17, 15) is 0 Å². The van der Waals surface area contributed by atoms with Crippen molar-refractivity contribution in [3.05, 3.63) is 90.5 Å². The lowest BCUT2D eigenvalue weighted by atomic mass is 10.1. The predicted octanol–water partition coefficient (Wildman–Crippen LogP) is 8.31. The molecule has 0 heterocycles. The Hall–Kier alpha value is -2.85. The van der Waals surface area contributed by atoms with Crippen LogP contribution in [0.25, 0.3) is 5.70 Å². The van der Waals surface area contributed by atoms with Gasteiger partial charge in [0.05, 0.1) is 17.8 Å². The Bertz CT molecular complexity index is 812. The third-order valence-electron chi connectivity index (χ3n) is 3.81. The van der Waals surface area contributed by atoms with Crippen molar-refractivity contribution >= 4 is 11.4 Å². The van der Waals surface area contributed by atoms with Gasteiger partial charge in [-0.2, -0.15) is 0 Å². The maximum absolute atomic E-state index is 4.46. The highest BCUT2D eigenvalue weighted by Crippen LogP contribution is 2.13. The maximum Gasteiger partial charge on any atom is 0.0633 e. The molecule has 30 heavy (non-hydrogen) atoms. The molecule has 0 radical (unpaired) electrons. The number of allylic oxidation sites excluding steroid dienone is 1. The van der Waals surface area contributed by atoms with Crippen LogP contribution in [-0.4, -0.2) is 5.71 Å². The van der Waals surface area contributed by atoms with Gasteiger partial charge in [0, 0.05) is 5.92 Å². The molecule has 1 heteroatoms. The van der Waals surface area contributed by atoms with Crippen molar-refractivity contribution in [1.29, 1.82) is 0 Å². The van der Waals surface area contributed by atoms with Crippen molar-refractivity contribution in [2.75, 3.05) is 0 Å². The molecular formula is C29H39N. The molecule has 0 spiro atoms. The van der Waals surface area contributed by atoms with E-state index in [1.165, 1.54) is 17.5 Å². The van der Waals surface area contributed by atoms with Gasteiger partial charge in [0.2, 0.25) is 0 Å². The molecule has 0 atom stereocenters. The van der Waals surface area contributed by atoms with Crippen LogP contribution in [0, 0.1) is 24.7 Å². The van der Waals surface area contributed by atoms with Crippen molar-refractivity contribution in [2.24, 2.45) is 10.9 Å². The summed E-state index contributed by atoms with van der Waals surface area (Å²) in [4.78, 5) is 4.46. The summed E-state index contributed by atoms with van der Waals surface area (Å²) >= 11 is 0. The van der Waals surface area contributed by atoms with Gasteiger partial charge in [0.1, 0.15) is 0 Å². The Balaban J connectivity index is 0.000000581. The topological polar surface area (TPSA) is 12.4 Å². The van der Waals surface area contributed by atoms with Crippen molar-refractivity contribution < 1.29 is 0 Å². The lowest BCUT2D eigenvalue weighted by Crippen LogP contribution is -1.93. The van der Waals surface area contributed by atoms with Crippen LogP contribution in [0.1, 0.15) is 64.2 Å². The van der Waals surface area contributed by atoms with Crippen LogP contribution in [-0.2, 0) is 6.42 Å². The molecule has 0 saturated heterocycles. The van der Waals surface area contributed by atoms with E-state index in [0.717, 1.165) is 23.4 Å². The SMILES string of the molecule is C=CC(CC#CC(C)C)=NC(=C)c1ccccc1.CCC.CCc1ccc(C)cc1. The molecular weight excluding hydrogens is 362 g/mol. The highest BCUT2D eigenvalue weighted by molar-refractivity contribution is 5.99. The lowest BCUT2D eigenvalue weighted by Gasteiger charge is -2.01. The van der Waals surface area contributed by atoms with Gasteiger partial charge in [-0.1, -0.05) is 120 Å². The molecule has 2 aromatic rings. The molecule has 160 valence electrons. The first-order valence-electron chi connectivity index (χ1n) is 10.9. The second-order valence-corrected chi connectivity index (χ2v) is 7.32. The van der Waals surface area contributed by atoms with Gasteiger partial charge in [-0.3, -0.25) is 4.99 Å². The summed E-state index contributed by atoms with van der Waals surface area (Å²) < 4.78 is 0. The van der Waals surface area contributed by atoms with Crippen molar-refractivity contribution in [3.8, 4) is 11.8 Å². The normalized spacial score (nSPS) is 9.90. The number of nitrogens with zero attached hydrogens (tertiary/aromatic N) is 1. The zero-order valence-corrected chi connectivity index (χ0v) is 19.8. The first kappa shape index (κ1) is 27.2. The summed E-state index contributed by atoms with van der Waals surface area (Å²) in [6, 6.07) is 18.6. The standard InChI is InChI=1S/C17H19N.C9H12.C3H8/c1-5-17(13-9-10-14(2)3)18-15(4)16-11-7-6-8-12-16;1-3-9-6-4-8(2)5-7-9;1-3-2/h5-8,11-12,14H,1,4,13H2,2-3H3;4-7H,3H2,1-2H3;3H2,1-2H3. The maximum atomic E-state index is 4.46. The van der Waals surface area contributed by atoms with E-state index in [0.29, 0.717) is 12.3 Å². The number of benzene rings is 2. The van der Waals surface area contributed by atoms with Gasteiger partial charge in [-0.05, 0) is 30.5 Å². The largest absolute Gasteiger partial charge is 0.252 e. The molecule has 0 saturated carbocycles. The van der Waals surface area contributed by atoms with Crippen LogP contribution >= 0.6 is 0 Å². The molecule has 0 N–H and O–H groups in total. The molecule has 0 aliphatic rings. The van der Waals surface area contributed by atoms with Gasteiger partial charge < -0.3 is 0 Å². The third-order valence-corrected chi connectivity index (χ3v) is 3.81. The van der Waals surface area contributed by atoms with Gasteiger partial charge in [-0.15, -0.1) is 5.92 Å².